The van der Waals surface area contributed by atoms with E-state index in [9.17, 15) is 40.5 Å². The number of ether oxygens (including phenoxy) is 1. The van der Waals surface area contributed by atoms with Crippen LogP contribution in [0.5, 0.6) is 5.75 Å². The van der Waals surface area contributed by atoms with Crippen LogP contribution in [-0.2, 0) is 0 Å². The van der Waals surface area contributed by atoms with Crippen molar-refractivity contribution in [1.82, 2.24) is 15.0 Å². The van der Waals surface area contributed by atoms with Gasteiger partial charge in [-0.1, -0.05) is 0 Å². The summed E-state index contributed by atoms with van der Waals surface area (Å²) < 4.78 is 4.93. The molecule has 17 heteroatoms. The molecule has 2 aromatic carbocycles. The summed E-state index contributed by atoms with van der Waals surface area (Å²) in [7, 11) is 1.05. The Hall–Kier alpha value is -4.96. The van der Waals surface area contributed by atoms with Crippen molar-refractivity contribution in [3.8, 4) is 11.4 Å². The molecule has 0 spiro atoms. The predicted molar refractivity (Wildman–Crippen MR) is 96.4 cm³/mol. The van der Waals surface area contributed by atoms with Gasteiger partial charge in [0, 0.05) is 6.07 Å². The normalized spacial score (nSPS) is 10.7. The number of benzene rings is 2. The molecular formula is C13H8N8O9. The van der Waals surface area contributed by atoms with E-state index in [0.717, 1.165) is 13.2 Å². The third-order valence-corrected chi connectivity index (χ3v) is 3.92. The molecule has 2 N–H and O–H groups in total. The van der Waals surface area contributed by atoms with Crippen molar-refractivity contribution in [1.29, 1.82) is 0 Å². The first-order valence-corrected chi connectivity index (χ1v) is 7.56. The molecule has 17 nitrogen and oxygen atoms in total. The molecule has 0 aliphatic rings. The summed E-state index contributed by atoms with van der Waals surface area (Å²) in [5.41, 5.74) is 0.695. The van der Waals surface area contributed by atoms with Crippen molar-refractivity contribution in [3.63, 3.8) is 0 Å². The lowest BCUT2D eigenvalue weighted by Crippen LogP contribution is -2.07. The average molecular weight is 420 g/mol. The summed E-state index contributed by atoms with van der Waals surface area (Å²) in [4.78, 5) is 41.7. The predicted octanol–water partition coefficient (Wildman–Crippen LogP) is 1.64. The molecule has 0 amide bonds. The van der Waals surface area contributed by atoms with Gasteiger partial charge >= 0.3 is 17.1 Å². The van der Waals surface area contributed by atoms with Crippen molar-refractivity contribution in [2.24, 2.45) is 0 Å². The van der Waals surface area contributed by atoms with Crippen LogP contribution in [0, 0.1) is 40.5 Å². The molecule has 30 heavy (non-hydrogen) atoms. The number of nitro benzene ring substituents is 4. The van der Waals surface area contributed by atoms with Gasteiger partial charge in [0.25, 0.3) is 5.69 Å². The van der Waals surface area contributed by atoms with Crippen LogP contribution in [0.25, 0.3) is 16.7 Å². The SMILES string of the molecule is COc1c([N+](=O)[O-])cc([N+](=O)[O-])c2nn(-c3cc([N+](=O)[O-])cc([N+](=O)[O-])c3N)nc12. The molecule has 1 aromatic heterocycles. The van der Waals surface area contributed by atoms with Crippen LogP contribution >= 0.6 is 0 Å². The number of hydrogen-bond donors (Lipinski definition) is 1. The molecular weight excluding hydrogens is 412 g/mol. The van der Waals surface area contributed by atoms with E-state index in [1.165, 1.54) is 0 Å². The lowest BCUT2D eigenvalue weighted by molar-refractivity contribution is -0.393. The van der Waals surface area contributed by atoms with Gasteiger partial charge in [-0.2, -0.15) is 0 Å². The van der Waals surface area contributed by atoms with E-state index in [2.05, 4.69) is 10.2 Å². The Balaban J connectivity index is 2.43. The first-order valence-electron chi connectivity index (χ1n) is 7.56. The number of anilines is 1. The highest BCUT2D eigenvalue weighted by Gasteiger charge is 2.32. The number of rotatable bonds is 6. The zero-order chi connectivity index (χ0) is 22.3. The molecule has 0 bridgehead atoms. The van der Waals surface area contributed by atoms with Gasteiger partial charge in [0.1, 0.15) is 17.4 Å². The summed E-state index contributed by atoms with van der Waals surface area (Å²) in [6.07, 6.45) is 0. The van der Waals surface area contributed by atoms with Crippen LogP contribution in [0.15, 0.2) is 18.2 Å². The van der Waals surface area contributed by atoms with E-state index in [1.54, 1.807) is 0 Å². The Morgan fingerprint density at radius 3 is 1.90 bits per heavy atom. The first-order chi connectivity index (χ1) is 14.1. The average Bonchev–Trinajstić information content (AvgIpc) is 3.10. The summed E-state index contributed by atoms with van der Waals surface area (Å²) in [6, 6.07) is 2.04. The fourth-order valence-corrected chi connectivity index (χ4v) is 2.63. The van der Waals surface area contributed by atoms with Crippen LogP contribution in [-0.4, -0.2) is 41.8 Å². The van der Waals surface area contributed by atoms with Gasteiger partial charge in [0.05, 0.1) is 32.9 Å². The molecule has 0 radical (unpaired) electrons. The van der Waals surface area contributed by atoms with Gasteiger partial charge in [-0.05, 0) is 0 Å². The molecule has 0 aliphatic carbocycles. The van der Waals surface area contributed by atoms with Gasteiger partial charge in [-0.25, -0.2) is 0 Å². The fourth-order valence-electron chi connectivity index (χ4n) is 2.63. The van der Waals surface area contributed by atoms with Crippen molar-refractivity contribution >= 4 is 39.5 Å². The number of nitrogen functional groups attached to an aromatic ring is 1. The maximum absolute atomic E-state index is 11.4. The van der Waals surface area contributed by atoms with E-state index >= 15 is 0 Å². The highest BCUT2D eigenvalue weighted by atomic mass is 16.6. The zero-order valence-electron chi connectivity index (χ0n) is 14.6. The number of aromatic nitrogens is 3. The minimum Gasteiger partial charge on any atom is -0.489 e. The Kier molecular flexibility index (Phi) is 4.54. The lowest BCUT2D eigenvalue weighted by atomic mass is 10.2. The maximum Gasteiger partial charge on any atom is 0.320 e. The maximum atomic E-state index is 11.4. The van der Waals surface area contributed by atoms with Crippen LogP contribution in [0.1, 0.15) is 0 Å². The molecule has 3 rings (SSSR count). The monoisotopic (exact) mass is 420 g/mol. The van der Waals surface area contributed by atoms with E-state index in [0.29, 0.717) is 16.9 Å². The van der Waals surface area contributed by atoms with Crippen molar-refractivity contribution < 1.29 is 24.4 Å². The highest BCUT2D eigenvalue weighted by molar-refractivity contribution is 5.93. The topological polar surface area (TPSA) is 239 Å². The van der Waals surface area contributed by atoms with E-state index < -0.39 is 70.6 Å². The van der Waals surface area contributed by atoms with Crippen LogP contribution < -0.4 is 10.5 Å². The molecule has 0 atom stereocenters. The molecule has 0 unspecified atom stereocenters. The summed E-state index contributed by atoms with van der Waals surface area (Å²) >= 11 is 0. The number of methoxy groups -OCH3 is 1. The van der Waals surface area contributed by atoms with E-state index in [1.807, 2.05) is 0 Å². The number of hydrogen-bond acceptors (Lipinski definition) is 12. The number of fused-ring (bicyclic) bond motifs is 1. The van der Waals surface area contributed by atoms with Crippen LogP contribution in [0.3, 0.4) is 0 Å². The van der Waals surface area contributed by atoms with Gasteiger partial charge in [-0.15, -0.1) is 15.0 Å². The minimum atomic E-state index is -0.969. The largest absolute Gasteiger partial charge is 0.489 e. The highest BCUT2D eigenvalue weighted by Crippen LogP contribution is 2.40. The third-order valence-electron chi connectivity index (χ3n) is 3.92. The Bertz CT molecular complexity index is 1270. The Morgan fingerprint density at radius 1 is 0.833 bits per heavy atom. The van der Waals surface area contributed by atoms with Crippen LogP contribution in [0.4, 0.5) is 28.4 Å². The molecule has 1 heterocycles. The van der Waals surface area contributed by atoms with Gasteiger partial charge in [0.15, 0.2) is 11.0 Å². The summed E-state index contributed by atoms with van der Waals surface area (Å²) in [5.74, 6) is -0.467. The van der Waals surface area contributed by atoms with Crippen LogP contribution in [0.2, 0.25) is 0 Å². The first kappa shape index (κ1) is 19.8. The number of nitrogens with two attached hydrogens (primary N) is 1. The minimum absolute atomic E-state index is 0.424. The second-order valence-electron chi connectivity index (χ2n) is 5.56. The molecule has 154 valence electrons. The molecule has 0 saturated carbocycles. The molecule has 0 aliphatic heterocycles. The third kappa shape index (κ3) is 3.00. The standard InChI is InChI=1S/C13H8N8O9/c1-30-13-9(21(28)29)4-8(20(26)27)11-12(13)16-17(15-11)6-2-5(18(22)23)3-7(10(6)14)19(24)25/h2-4H,14H2,1H3. The lowest BCUT2D eigenvalue weighted by Gasteiger charge is -2.05. The van der Waals surface area contributed by atoms with Crippen molar-refractivity contribution in [2.75, 3.05) is 12.8 Å². The number of nitro groups is 4. The Labute approximate surface area is 162 Å². The Morgan fingerprint density at radius 2 is 1.40 bits per heavy atom. The van der Waals surface area contributed by atoms with Crippen molar-refractivity contribution in [2.45, 2.75) is 0 Å². The smallest absolute Gasteiger partial charge is 0.320 e. The molecule has 3 aromatic rings. The quantitative estimate of drug-likeness (QED) is 0.340. The van der Waals surface area contributed by atoms with Gasteiger partial charge < -0.3 is 10.5 Å². The van der Waals surface area contributed by atoms with Crippen molar-refractivity contribution in [3.05, 3.63) is 58.7 Å². The van der Waals surface area contributed by atoms with Gasteiger partial charge in [-0.3, -0.25) is 40.5 Å². The number of nitrogens with zero attached hydrogens (tertiary/aromatic N) is 7. The molecule has 0 saturated heterocycles. The second kappa shape index (κ2) is 6.89. The van der Waals surface area contributed by atoms with Gasteiger partial charge in [0.2, 0.25) is 5.75 Å². The zero-order valence-corrected chi connectivity index (χ0v) is 14.6. The summed E-state index contributed by atoms with van der Waals surface area (Å²) in [6.45, 7) is 0. The van der Waals surface area contributed by atoms with E-state index in [-0.39, 0.29) is 0 Å². The molecule has 0 fully saturated rings. The number of non-ortho nitro benzene ring substituents is 2. The fraction of sp³-hybridized carbons (Fsp3) is 0.0769. The van der Waals surface area contributed by atoms with E-state index in [4.69, 9.17) is 10.5 Å². The second-order valence-corrected chi connectivity index (χ2v) is 5.56. The summed E-state index contributed by atoms with van der Waals surface area (Å²) in [5, 5.41) is 52.6.